The number of pyridine rings is 2. The highest BCUT2D eigenvalue weighted by Crippen LogP contribution is 2.16. The molecule has 2 N–H and O–H groups in total. The molecule has 0 spiro atoms. The van der Waals surface area contributed by atoms with Gasteiger partial charge in [-0.1, -0.05) is 11.6 Å². The fraction of sp³-hybridized carbons (Fsp3) is 0.167. The number of halogens is 1. The van der Waals surface area contributed by atoms with Crippen molar-refractivity contribution in [1.29, 1.82) is 0 Å². The van der Waals surface area contributed by atoms with Crippen LogP contribution in [0.25, 0.3) is 0 Å². The molecule has 0 aliphatic heterocycles. The van der Waals surface area contributed by atoms with Crippen molar-refractivity contribution in [2.45, 2.75) is 17.9 Å². The number of hydrogen-bond acceptors (Lipinski definition) is 4. The molecule has 0 fully saturated rings. The molecule has 106 valence electrons. The second-order valence-corrected chi connectivity index (χ2v) is 6.26. The van der Waals surface area contributed by atoms with Crippen molar-refractivity contribution >= 4 is 21.6 Å². The Morgan fingerprint density at radius 1 is 1.35 bits per heavy atom. The van der Waals surface area contributed by atoms with Crippen LogP contribution < -0.4 is 10.3 Å². The molecule has 0 radical (unpaired) electrons. The predicted octanol–water partition coefficient (Wildman–Crippen LogP) is 1.46. The highest BCUT2D eigenvalue weighted by Gasteiger charge is 2.19. The summed E-state index contributed by atoms with van der Waals surface area (Å²) in [5.74, 6) is 0. The Morgan fingerprint density at radius 2 is 2.00 bits per heavy atom. The zero-order valence-electron chi connectivity index (χ0n) is 10.5. The molecule has 2 rings (SSSR count). The summed E-state index contributed by atoms with van der Waals surface area (Å²) in [4.78, 5) is 17.2. The van der Waals surface area contributed by atoms with Gasteiger partial charge in [0.1, 0.15) is 5.02 Å². The third-order valence-corrected chi connectivity index (χ3v) is 4.48. The summed E-state index contributed by atoms with van der Waals surface area (Å²) < 4.78 is 26.8. The molecule has 0 bridgehead atoms. The molecule has 0 aliphatic rings. The Kier molecular flexibility index (Phi) is 4.22. The SMILES string of the molecule is CC(NS(=O)(=O)c1c[nH]c(=O)c(Cl)c1)c1ccncc1. The van der Waals surface area contributed by atoms with E-state index in [0.717, 1.165) is 17.8 Å². The first-order valence-electron chi connectivity index (χ1n) is 5.70. The minimum absolute atomic E-state index is 0.0944. The smallest absolute Gasteiger partial charge is 0.266 e. The zero-order valence-corrected chi connectivity index (χ0v) is 12.1. The standard InChI is InChI=1S/C12H12ClN3O3S/c1-8(9-2-4-14-5-3-9)16-20(18,19)10-6-11(13)12(17)15-7-10/h2-8,16H,1H3,(H,15,17). The van der Waals surface area contributed by atoms with E-state index < -0.39 is 21.6 Å². The minimum atomic E-state index is -3.77. The topological polar surface area (TPSA) is 91.9 Å². The molecule has 0 aliphatic carbocycles. The first kappa shape index (κ1) is 14.7. The van der Waals surface area contributed by atoms with E-state index in [-0.39, 0.29) is 9.92 Å². The zero-order chi connectivity index (χ0) is 14.8. The Balaban J connectivity index is 2.27. The predicted molar refractivity (Wildman–Crippen MR) is 75.0 cm³/mol. The van der Waals surface area contributed by atoms with Crippen molar-refractivity contribution in [2.24, 2.45) is 0 Å². The lowest BCUT2D eigenvalue weighted by atomic mass is 10.1. The molecule has 2 aromatic rings. The van der Waals surface area contributed by atoms with Gasteiger partial charge >= 0.3 is 0 Å². The lowest BCUT2D eigenvalue weighted by molar-refractivity contribution is 0.566. The number of H-pyrrole nitrogens is 1. The molecular weight excluding hydrogens is 302 g/mol. The van der Waals surface area contributed by atoms with E-state index in [2.05, 4.69) is 14.7 Å². The molecule has 6 nitrogen and oxygen atoms in total. The molecular formula is C12H12ClN3O3S. The van der Waals surface area contributed by atoms with Crippen molar-refractivity contribution < 1.29 is 8.42 Å². The average Bonchev–Trinajstić information content (AvgIpc) is 2.42. The maximum absolute atomic E-state index is 12.2. The van der Waals surface area contributed by atoms with E-state index in [1.165, 1.54) is 0 Å². The van der Waals surface area contributed by atoms with Crippen molar-refractivity contribution in [3.8, 4) is 0 Å². The summed E-state index contributed by atoms with van der Waals surface area (Å²) in [5, 5.41) is -0.176. The van der Waals surface area contributed by atoms with Crippen LogP contribution in [-0.4, -0.2) is 18.4 Å². The van der Waals surface area contributed by atoms with Crippen molar-refractivity contribution in [3.05, 3.63) is 57.7 Å². The third kappa shape index (κ3) is 3.24. The third-order valence-electron chi connectivity index (χ3n) is 2.68. The van der Waals surface area contributed by atoms with Gasteiger partial charge in [-0.15, -0.1) is 0 Å². The number of sulfonamides is 1. The fourth-order valence-corrected chi connectivity index (χ4v) is 3.08. The highest BCUT2D eigenvalue weighted by molar-refractivity contribution is 7.89. The molecule has 0 aromatic carbocycles. The lowest BCUT2D eigenvalue weighted by Crippen LogP contribution is -2.27. The number of nitrogens with one attached hydrogen (secondary N) is 2. The van der Waals surface area contributed by atoms with Crippen LogP contribution in [0.15, 0.2) is 46.5 Å². The number of nitrogens with zero attached hydrogens (tertiary/aromatic N) is 1. The maximum Gasteiger partial charge on any atom is 0.266 e. The molecule has 0 amide bonds. The van der Waals surface area contributed by atoms with Crippen LogP contribution in [0.3, 0.4) is 0 Å². The second-order valence-electron chi connectivity index (χ2n) is 4.14. The quantitative estimate of drug-likeness (QED) is 0.894. The van der Waals surface area contributed by atoms with E-state index in [4.69, 9.17) is 11.6 Å². The van der Waals surface area contributed by atoms with E-state index in [1.54, 1.807) is 31.5 Å². The summed E-state index contributed by atoms with van der Waals surface area (Å²) in [6, 6.07) is 4.11. The Labute approximate surface area is 120 Å². The monoisotopic (exact) mass is 313 g/mol. The number of rotatable bonds is 4. The number of hydrogen-bond donors (Lipinski definition) is 2. The molecule has 1 atom stereocenters. The Hall–Kier alpha value is -1.70. The second kappa shape index (κ2) is 5.74. The normalized spacial score (nSPS) is 13.1. The van der Waals surface area contributed by atoms with Crippen molar-refractivity contribution in [2.75, 3.05) is 0 Å². The largest absolute Gasteiger partial charge is 0.326 e. The van der Waals surface area contributed by atoms with Crippen LogP contribution in [0.2, 0.25) is 5.02 Å². The maximum atomic E-state index is 12.2. The molecule has 2 aromatic heterocycles. The van der Waals surface area contributed by atoms with Gasteiger partial charge in [0.25, 0.3) is 5.56 Å². The lowest BCUT2D eigenvalue weighted by Gasteiger charge is -2.14. The summed E-state index contributed by atoms with van der Waals surface area (Å²) in [7, 11) is -3.77. The first-order chi connectivity index (χ1) is 9.40. The number of aromatic nitrogens is 2. The molecule has 20 heavy (non-hydrogen) atoms. The Bertz CT molecular complexity index is 759. The summed E-state index contributed by atoms with van der Waals surface area (Å²) in [6.07, 6.45) is 4.27. The van der Waals surface area contributed by atoms with Gasteiger partial charge in [-0.25, -0.2) is 13.1 Å². The van der Waals surface area contributed by atoms with E-state index >= 15 is 0 Å². The van der Waals surface area contributed by atoms with Gasteiger partial charge in [0.15, 0.2) is 0 Å². The van der Waals surface area contributed by atoms with Gasteiger partial charge in [0, 0.05) is 24.6 Å². The van der Waals surface area contributed by atoms with Gasteiger partial charge in [-0.2, -0.15) is 0 Å². The van der Waals surface area contributed by atoms with Crippen LogP contribution >= 0.6 is 11.6 Å². The van der Waals surface area contributed by atoms with Crippen LogP contribution in [0.1, 0.15) is 18.5 Å². The van der Waals surface area contributed by atoms with E-state index in [9.17, 15) is 13.2 Å². The molecule has 2 heterocycles. The van der Waals surface area contributed by atoms with Gasteiger partial charge in [0.2, 0.25) is 10.0 Å². The minimum Gasteiger partial charge on any atom is -0.326 e. The van der Waals surface area contributed by atoms with Gasteiger partial charge < -0.3 is 4.98 Å². The van der Waals surface area contributed by atoms with Crippen LogP contribution in [-0.2, 0) is 10.0 Å². The molecule has 0 saturated heterocycles. The molecule has 1 unspecified atom stereocenters. The molecule has 0 saturated carbocycles. The van der Waals surface area contributed by atoms with Crippen LogP contribution in [0, 0.1) is 0 Å². The molecule has 8 heteroatoms. The van der Waals surface area contributed by atoms with Crippen molar-refractivity contribution in [3.63, 3.8) is 0 Å². The fourth-order valence-electron chi connectivity index (χ4n) is 1.61. The highest BCUT2D eigenvalue weighted by atomic mass is 35.5. The van der Waals surface area contributed by atoms with Crippen LogP contribution in [0.5, 0.6) is 0 Å². The van der Waals surface area contributed by atoms with Crippen LogP contribution in [0.4, 0.5) is 0 Å². The summed E-state index contributed by atoms with van der Waals surface area (Å²) in [6.45, 7) is 1.71. The average molecular weight is 314 g/mol. The van der Waals surface area contributed by atoms with E-state index in [1.807, 2.05) is 0 Å². The summed E-state index contributed by atoms with van der Waals surface area (Å²) in [5.41, 5.74) is 0.242. The van der Waals surface area contributed by atoms with Gasteiger partial charge in [-0.05, 0) is 30.7 Å². The van der Waals surface area contributed by atoms with Gasteiger partial charge in [0.05, 0.1) is 4.90 Å². The first-order valence-corrected chi connectivity index (χ1v) is 7.57. The van der Waals surface area contributed by atoms with Crippen molar-refractivity contribution in [1.82, 2.24) is 14.7 Å². The summed E-state index contributed by atoms with van der Waals surface area (Å²) >= 11 is 5.63. The number of aromatic amines is 1. The Morgan fingerprint density at radius 3 is 2.60 bits per heavy atom. The van der Waals surface area contributed by atoms with E-state index in [0.29, 0.717) is 0 Å². The van der Waals surface area contributed by atoms with Gasteiger partial charge in [-0.3, -0.25) is 9.78 Å².